The smallest absolute Gasteiger partial charge is 0.323 e. The number of thiophene rings is 1. The minimum atomic E-state index is -1.34. The largest absolute Gasteiger partial charge is 0.480 e. The molecule has 0 unspecified atom stereocenters. The van der Waals surface area contributed by atoms with Crippen molar-refractivity contribution in [2.45, 2.75) is 38.5 Å². The number of hydrogen-bond donors (Lipinski definition) is 1. The molecule has 0 aliphatic carbocycles. The van der Waals surface area contributed by atoms with Gasteiger partial charge in [0.15, 0.2) is 0 Å². The van der Waals surface area contributed by atoms with Crippen molar-refractivity contribution in [2.24, 2.45) is 0 Å². The average Bonchev–Trinajstić information content (AvgIpc) is 3.67. The van der Waals surface area contributed by atoms with Gasteiger partial charge in [-0.05, 0) is 58.7 Å². The number of carbonyl (C=O) groups excluding carboxylic acids is 2. The van der Waals surface area contributed by atoms with E-state index in [1.165, 1.54) is 22.5 Å². The SMILES string of the molecule is CC(C)(c1ccccc1)c1ccc(N(c2ccc(C(C)(C)c3ccccc3)cc2)c2ccc(C3=C(C#N)C(=O)N(CC(=O)O)C3=O)s2)cc1. The van der Waals surface area contributed by atoms with Gasteiger partial charge in [0.1, 0.15) is 23.2 Å². The number of imide groups is 1. The van der Waals surface area contributed by atoms with Crippen molar-refractivity contribution in [3.05, 3.63) is 154 Å². The number of hydrogen-bond acceptors (Lipinski definition) is 6. The van der Waals surface area contributed by atoms with E-state index in [1.807, 2.05) is 48.5 Å². The summed E-state index contributed by atoms with van der Waals surface area (Å²) in [6.07, 6.45) is 0. The van der Waals surface area contributed by atoms with Gasteiger partial charge in [0.2, 0.25) is 0 Å². The van der Waals surface area contributed by atoms with E-state index < -0.39 is 24.3 Å². The molecule has 1 N–H and O–H groups in total. The van der Waals surface area contributed by atoms with Gasteiger partial charge in [0.05, 0.1) is 5.57 Å². The Morgan fingerprint density at radius 3 is 1.57 bits per heavy atom. The van der Waals surface area contributed by atoms with E-state index in [2.05, 4.69) is 105 Å². The summed E-state index contributed by atoms with van der Waals surface area (Å²) in [5.74, 6) is -3.02. The summed E-state index contributed by atoms with van der Waals surface area (Å²) in [5.41, 5.74) is 5.56. The minimum Gasteiger partial charge on any atom is -0.480 e. The van der Waals surface area contributed by atoms with Crippen LogP contribution < -0.4 is 4.90 Å². The molecule has 0 saturated heterocycles. The molecule has 0 atom stereocenters. The Morgan fingerprint density at radius 2 is 1.14 bits per heavy atom. The molecule has 1 aliphatic heterocycles. The van der Waals surface area contributed by atoms with Crippen LogP contribution in [-0.4, -0.2) is 34.3 Å². The van der Waals surface area contributed by atoms with Crippen molar-refractivity contribution < 1.29 is 19.5 Å². The quantitative estimate of drug-likeness (QED) is 0.150. The third-order valence-corrected chi connectivity index (χ3v) is 10.4. The maximum Gasteiger partial charge on any atom is 0.323 e. The van der Waals surface area contributed by atoms with Gasteiger partial charge in [-0.2, -0.15) is 5.26 Å². The molecule has 1 aliphatic rings. The van der Waals surface area contributed by atoms with Crippen LogP contribution >= 0.6 is 11.3 Å². The molecule has 0 bridgehead atoms. The van der Waals surface area contributed by atoms with Crippen molar-refractivity contribution in [1.82, 2.24) is 4.90 Å². The van der Waals surface area contributed by atoms with Crippen LogP contribution in [0.2, 0.25) is 0 Å². The molecule has 0 spiro atoms. The Bertz CT molecular complexity index is 2010. The van der Waals surface area contributed by atoms with Gasteiger partial charge in [-0.15, -0.1) is 11.3 Å². The monoisotopic (exact) mass is 665 g/mol. The first-order chi connectivity index (χ1) is 23.4. The number of nitriles is 1. The second kappa shape index (κ2) is 13.0. The fourth-order valence-corrected chi connectivity index (χ4v) is 7.36. The summed E-state index contributed by atoms with van der Waals surface area (Å²) in [7, 11) is 0. The van der Waals surface area contributed by atoms with Gasteiger partial charge in [-0.3, -0.25) is 19.3 Å². The summed E-state index contributed by atoms with van der Waals surface area (Å²) < 4.78 is 0. The van der Waals surface area contributed by atoms with E-state index in [1.54, 1.807) is 6.07 Å². The Hall–Kier alpha value is -5.78. The second-order valence-electron chi connectivity index (χ2n) is 13.0. The first-order valence-corrected chi connectivity index (χ1v) is 16.7. The van der Waals surface area contributed by atoms with Crippen molar-refractivity contribution in [3.63, 3.8) is 0 Å². The Morgan fingerprint density at radius 1 is 0.694 bits per heavy atom. The number of aliphatic carboxylic acids is 1. The van der Waals surface area contributed by atoms with Crippen molar-refractivity contribution >= 4 is 51.1 Å². The highest BCUT2D eigenvalue weighted by Crippen LogP contribution is 2.44. The molecule has 0 radical (unpaired) electrons. The molecule has 8 heteroatoms. The van der Waals surface area contributed by atoms with Crippen molar-refractivity contribution in [3.8, 4) is 6.07 Å². The zero-order valence-corrected chi connectivity index (χ0v) is 28.5. The molecule has 4 aromatic carbocycles. The number of nitrogens with zero attached hydrogens (tertiary/aromatic N) is 3. The fraction of sp³-hybridized carbons (Fsp3) is 0.171. The maximum atomic E-state index is 13.3. The summed E-state index contributed by atoms with van der Waals surface area (Å²) in [6.45, 7) is 7.97. The maximum absolute atomic E-state index is 13.3. The fourth-order valence-electron chi connectivity index (χ4n) is 6.27. The summed E-state index contributed by atoms with van der Waals surface area (Å²) >= 11 is 1.26. The van der Waals surface area contributed by atoms with E-state index in [0.717, 1.165) is 27.5 Å². The van der Waals surface area contributed by atoms with Crippen molar-refractivity contribution in [1.29, 1.82) is 5.26 Å². The average molecular weight is 666 g/mol. The number of carbonyl (C=O) groups is 3. The normalized spacial score (nSPS) is 13.5. The molecule has 49 heavy (non-hydrogen) atoms. The lowest BCUT2D eigenvalue weighted by Crippen LogP contribution is -2.36. The second-order valence-corrected chi connectivity index (χ2v) is 14.1. The van der Waals surface area contributed by atoms with Crippen LogP contribution in [0.3, 0.4) is 0 Å². The number of carboxylic acids is 1. The minimum absolute atomic E-state index is 0.0788. The molecule has 0 saturated carbocycles. The van der Waals surface area contributed by atoms with Crippen LogP contribution in [0.1, 0.15) is 54.8 Å². The zero-order chi connectivity index (χ0) is 34.9. The van der Waals surface area contributed by atoms with Crippen LogP contribution in [0.5, 0.6) is 0 Å². The number of rotatable bonds is 10. The van der Waals surface area contributed by atoms with Gasteiger partial charge < -0.3 is 10.0 Å². The highest BCUT2D eigenvalue weighted by molar-refractivity contribution is 7.17. The van der Waals surface area contributed by atoms with E-state index in [9.17, 15) is 24.8 Å². The molecule has 0 fully saturated rings. The Balaban J connectivity index is 1.42. The topological polar surface area (TPSA) is 102 Å². The lowest BCUT2D eigenvalue weighted by atomic mass is 9.78. The highest BCUT2D eigenvalue weighted by Gasteiger charge is 2.41. The van der Waals surface area contributed by atoms with E-state index in [-0.39, 0.29) is 22.0 Å². The number of amides is 2. The van der Waals surface area contributed by atoms with Crippen LogP contribution in [0, 0.1) is 11.3 Å². The Kier molecular flexibility index (Phi) is 8.81. The van der Waals surface area contributed by atoms with E-state index in [0.29, 0.717) is 9.78 Å². The van der Waals surface area contributed by atoms with E-state index in [4.69, 9.17) is 0 Å². The van der Waals surface area contributed by atoms with E-state index >= 15 is 0 Å². The lowest BCUT2D eigenvalue weighted by molar-refractivity contribution is -0.147. The molecule has 2 amide bonds. The zero-order valence-electron chi connectivity index (χ0n) is 27.7. The number of anilines is 3. The summed E-state index contributed by atoms with van der Waals surface area (Å²) in [4.78, 5) is 40.6. The Labute approximate surface area is 290 Å². The van der Waals surface area contributed by atoms with Crippen LogP contribution in [0.4, 0.5) is 16.4 Å². The molecular weight excluding hydrogens is 631 g/mol. The third-order valence-electron chi connectivity index (χ3n) is 9.32. The van der Waals surface area contributed by atoms with Crippen LogP contribution in [0.15, 0.2) is 127 Å². The molecule has 1 aromatic heterocycles. The van der Waals surface area contributed by atoms with Gasteiger partial charge >= 0.3 is 5.97 Å². The molecule has 2 heterocycles. The molecule has 7 nitrogen and oxygen atoms in total. The predicted octanol–water partition coefficient (Wildman–Crippen LogP) is 8.60. The van der Waals surface area contributed by atoms with Crippen LogP contribution in [0.25, 0.3) is 5.57 Å². The molecule has 6 rings (SSSR count). The van der Waals surface area contributed by atoms with Gasteiger partial charge in [-0.25, -0.2) is 0 Å². The third kappa shape index (κ3) is 6.17. The predicted molar refractivity (Wildman–Crippen MR) is 193 cm³/mol. The van der Waals surface area contributed by atoms with Gasteiger partial charge in [0, 0.05) is 27.1 Å². The molecule has 244 valence electrons. The number of carboxylic acid groups (broad SMARTS) is 1. The van der Waals surface area contributed by atoms with Crippen molar-refractivity contribution in [2.75, 3.05) is 11.4 Å². The first kappa shape index (κ1) is 33.1. The first-order valence-electron chi connectivity index (χ1n) is 15.9. The highest BCUT2D eigenvalue weighted by atomic mass is 32.1. The molecule has 5 aromatic rings. The van der Waals surface area contributed by atoms with Gasteiger partial charge in [-0.1, -0.05) is 113 Å². The molecular formula is C41H35N3O4S. The summed E-state index contributed by atoms with van der Waals surface area (Å²) in [6, 6.07) is 42.9. The lowest BCUT2D eigenvalue weighted by Gasteiger charge is -2.29. The standard InChI is InChI=1S/C41H35N3O4S/c1-40(2,27-11-7-5-8-12-27)29-15-19-31(20-16-29)44(32-21-17-30(18-22-32)41(3,4)28-13-9-6-10-14-28)35-24-23-34(49-35)37-33(25-42)38(47)43(39(37)48)26-36(45)46/h5-24H,26H2,1-4H3,(H,45,46). The van der Waals surface area contributed by atoms with Crippen LogP contribution in [-0.2, 0) is 25.2 Å². The number of benzene rings is 4. The van der Waals surface area contributed by atoms with Gasteiger partial charge in [0.25, 0.3) is 11.8 Å². The summed E-state index contributed by atoms with van der Waals surface area (Å²) in [5, 5.41) is 19.8.